The van der Waals surface area contributed by atoms with Crippen molar-refractivity contribution in [1.82, 2.24) is 0 Å². The minimum Gasteiger partial charge on any atom is -0.494 e. The van der Waals surface area contributed by atoms with Crippen LogP contribution in [0.2, 0.25) is 0 Å². The predicted octanol–water partition coefficient (Wildman–Crippen LogP) is 4.82. The summed E-state index contributed by atoms with van der Waals surface area (Å²) in [6, 6.07) is 14.7. The zero-order chi connectivity index (χ0) is 11.9. The summed E-state index contributed by atoms with van der Waals surface area (Å²) >= 11 is 2.42. The lowest BCUT2D eigenvalue weighted by Gasteiger charge is -2.06. The maximum absolute atomic E-state index is 5.76. The van der Waals surface area contributed by atoms with Crippen LogP contribution in [0.25, 0.3) is 10.8 Å². The van der Waals surface area contributed by atoms with Crippen molar-refractivity contribution < 1.29 is 4.74 Å². The number of halogens is 1. The van der Waals surface area contributed by atoms with Gasteiger partial charge in [-0.15, -0.1) is 0 Å². The molecule has 0 amide bonds. The molecule has 0 unspecified atom stereocenters. The summed E-state index contributed by atoms with van der Waals surface area (Å²) in [5, 5.41) is 2.52. The molecule has 2 rings (SSSR count). The molecule has 0 aromatic heterocycles. The molecular weight excluding hydrogens is 323 g/mol. The van der Waals surface area contributed by atoms with Crippen LogP contribution in [0.3, 0.4) is 0 Å². The first-order chi connectivity index (χ1) is 8.40. The van der Waals surface area contributed by atoms with Gasteiger partial charge in [0.05, 0.1) is 6.61 Å². The largest absolute Gasteiger partial charge is 0.494 e. The van der Waals surface area contributed by atoms with E-state index < -0.39 is 0 Å². The van der Waals surface area contributed by atoms with Gasteiger partial charge < -0.3 is 4.74 Å². The van der Waals surface area contributed by atoms with E-state index in [-0.39, 0.29) is 0 Å². The summed E-state index contributed by atoms with van der Waals surface area (Å²) in [6.07, 6.45) is 3.70. The zero-order valence-corrected chi connectivity index (χ0v) is 12.0. The van der Waals surface area contributed by atoms with Crippen molar-refractivity contribution in [3.05, 3.63) is 42.5 Å². The van der Waals surface area contributed by atoms with Crippen LogP contribution in [0.4, 0.5) is 0 Å². The molecule has 0 bridgehead atoms. The van der Waals surface area contributed by atoms with Gasteiger partial charge in [0.2, 0.25) is 0 Å². The van der Waals surface area contributed by atoms with Gasteiger partial charge in [0.25, 0.3) is 0 Å². The molecule has 0 aliphatic carbocycles. The second-order valence-electron chi connectivity index (χ2n) is 4.11. The molecule has 2 aromatic rings. The third-order valence-corrected chi connectivity index (χ3v) is 3.53. The number of unbranched alkanes of at least 4 members (excludes halogenated alkanes) is 2. The normalized spacial score (nSPS) is 10.6. The number of alkyl halides is 1. The summed E-state index contributed by atoms with van der Waals surface area (Å²) in [4.78, 5) is 0. The number of ether oxygens (including phenoxy) is 1. The molecule has 0 aliphatic rings. The number of hydrogen-bond donors (Lipinski definition) is 0. The van der Waals surface area contributed by atoms with E-state index in [1.54, 1.807) is 0 Å². The Hall–Kier alpha value is -0.770. The fourth-order valence-corrected chi connectivity index (χ4v) is 2.36. The average Bonchev–Trinajstić information content (AvgIpc) is 2.38. The minimum absolute atomic E-state index is 0.828. The van der Waals surface area contributed by atoms with Crippen LogP contribution in [0, 0.1) is 0 Å². The Kier molecular flexibility index (Phi) is 5.10. The number of benzene rings is 2. The van der Waals surface area contributed by atoms with Crippen molar-refractivity contribution in [3.8, 4) is 5.75 Å². The van der Waals surface area contributed by atoms with Gasteiger partial charge in [-0.1, -0.05) is 52.9 Å². The topological polar surface area (TPSA) is 9.23 Å². The lowest BCUT2D eigenvalue weighted by Crippen LogP contribution is -1.97. The maximum Gasteiger partial charge on any atom is 0.119 e. The Morgan fingerprint density at radius 2 is 1.71 bits per heavy atom. The first-order valence-electron chi connectivity index (χ1n) is 6.08. The van der Waals surface area contributed by atoms with E-state index in [1.165, 1.54) is 28.0 Å². The van der Waals surface area contributed by atoms with E-state index >= 15 is 0 Å². The molecule has 0 N–H and O–H groups in total. The van der Waals surface area contributed by atoms with Crippen LogP contribution < -0.4 is 4.74 Å². The van der Waals surface area contributed by atoms with Crippen LogP contribution in [0.1, 0.15) is 19.3 Å². The molecule has 0 aliphatic heterocycles. The smallest absolute Gasteiger partial charge is 0.119 e. The number of fused-ring (bicyclic) bond motifs is 1. The first kappa shape index (κ1) is 12.7. The summed E-state index contributed by atoms with van der Waals surface area (Å²) in [5.74, 6) is 0.984. The molecule has 2 aromatic carbocycles. The first-order valence-corrected chi connectivity index (χ1v) is 7.60. The maximum atomic E-state index is 5.76. The SMILES string of the molecule is ICCCCCOc1ccc2ccccc2c1. The van der Waals surface area contributed by atoms with E-state index in [1.807, 2.05) is 0 Å². The summed E-state index contributed by atoms with van der Waals surface area (Å²) in [7, 11) is 0. The van der Waals surface area contributed by atoms with Gasteiger partial charge in [-0.2, -0.15) is 0 Å². The highest BCUT2D eigenvalue weighted by molar-refractivity contribution is 14.1. The lowest BCUT2D eigenvalue weighted by molar-refractivity contribution is 0.307. The molecule has 0 spiro atoms. The van der Waals surface area contributed by atoms with Gasteiger partial charge in [-0.3, -0.25) is 0 Å². The van der Waals surface area contributed by atoms with E-state index in [0.717, 1.165) is 18.8 Å². The van der Waals surface area contributed by atoms with Gasteiger partial charge in [-0.05, 0) is 46.6 Å². The highest BCUT2D eigenvalue weighted by atomic mass is 127. The Bertz CT molecular complexity index is 467. The second kappa shape index (κ2) is 6.84. The molecule has 0 fully saturated rings. The molecule has 0 heterocycles. The average molecular weight is 340 g/mol. The Balaban J connectivity index is 1.90. The number of rotatable bonds is 6. The molecule has 0 saturated heterocycles. The lowest BCUT2D eigenvalue weighted by atomic mass is 10.1. The third kappa shape index (κ3) is 3.87. The molecule has 0 saturated carbocycles. The standard InChI is InChI=1S/C15H17IO/c16-10-4-1-5-11-17-15-9-8-13-6-2-3-7-14(13)12-15/h2-3,6-9,12H,1,4-5,10-11H2. The van der Waals surface area contributed by atoms with Gasteiger partial charge >= 0.3 is 0 Å². The molecule has 1 nitrogen and oxygen atoms in total. The van der Waals surface area contributed by atoms with Crippen molar-refractivity contribution in [2.75, 3.05) is 11.0 Å². The van der Waals surface area contributed by atoms with E-state index in [9.17, 15) is 0 Å². The third-order valence-electron chi connectivity index (χ3n) is 2.77. The molecular formula is C15H17IO. The zero-order valence-electron chi connectivity index (χ0n) is 9.86. The summed E-state index contributed by atoms with van der Waals surface area (Å²) in [6.45, 7) is 0.828. The van der Waals surface area contributed by atoms with Crippen LogP contribution in [0.15, 0.2) is 42.5 Å². The molecule has 0 radical (unpaired) electrons. The minimum atomic E-state index is 0.828. The summed E-state index contributed by atoms with van der Waals surface area (Å²) < 4.78 is 7.00. The fourth-order valence-electron chi connectivity index (χ4n) is 1.82. The van der Waals surface area contributed by atoms with Crippen molar-refractivity contribution in [2.45, 2.75) is 19.3 Å². The van der Waals surface area contributed by atoms with Crippen molar-refractivity contribution in [1.29, 1.82) is 0 Å². The quantitative estimate of drug-likeness (QED) is 0.416. The van der Waals surface area contributed by atoms with Gasteiger partial charge in [-0.25, -0.2) is 0 Å². The predicted molar refractivity (Wildman–Crippen MR) is 82.2 cm³/mol. The summed E-state index contributed by atoms with van der Waals surface area (Å²) in [5.41, 5.74) is 0. The van der Waals surface area contributed by atoms with Crippen LogP contribution >= 0.6 is 22.6 Å². The van der Waals surface area contributed by atoms with Crippen LogP contribution in [-0.2, 0) is 0 Å². The van der Waals surface area contributed by atoms with Crippen molar-refractivity contribution in [2.24, 2.45) is 0 Å². The Labute approximate surface area is 116 Å². The molecule has 17 heavy (non-hydrogen) atoms. The monoisotopic (exact) mass is 340 g/mol. The van der Waals surface area contributed by atoms with E-state index in [2.05, 4.69) is 65.1 Å². The Morgan fingerprint density at radius 1 is 0.882 bits per heavy atom. The van der Waals surface area contributed by atoms with Crippen molar-refractivity contribution in [3.63, 3.8) is 0 Å². The van der Waals surface area contributed by atoms with Gasteiger partial charge in [0.15, 0.2) is 0 Å². The molecule has 0 atom stereocenters. The number of hydrogen-bond acceptors (Lipinski definition) is 1. The second-order valence-corrected chi connectivity index (χ2v) is 5.19. The Morgan fingerprint density at radius 3 is 2.53 bits per heavy atom. The van der Waals surface area contributed by atoms with E-state index in [0.29, 0.717) is 0 Å². The fraction of sp³-hybridized carbons (Fsp3) is 0.333. The van der Waals surface area contributed by atoms with Crippen LogP contribution in [-0.4, -0.2) is 11.0 Å². The van der Waals surface area contributed by atoms with Gasteiger partial charge in [0, 0.05) is 0 Å². The van der Waals surface area contributed by atoms with Crippen molar-refractivity contribution >= 4 is 33.4 Å². The molecule has 2 heteroatoms. The highest BCUT2D eigenvalue weighted by Crippen LogP contribution is 2.20. The molecule has 90 valence electrons. The van der Waals surface area contributed by atoms with Crippen LogP contribution in [0.5, 0.6) is 5.75 Å². The highest BCUT2D eigenvalue weighted by Gasteiger charge is 1.96. The van der Waals surface area contributed by atoms with E-state index in [4.69, 9.17) is 4.74 Å². The van der Waals surface area contributed by atoms with Gasteiger partial charge in [0.1, 0.15) is 5.75 Å².